The van der Waals surface area contributed by atoms with E-state index in [0.717, 1.165) is 22.2 Å². The first kappa shape index (κ1) is 18.9. The van der Waals surface area contributed by atoms with Gasteiger partial charge in [0.05, 0.1) is 0 Å². The van der Waals surface area contributed by atoms with Crippen LogP contribution in [-0.4, -0.2) is 16.2 Å². The molecule has 0 bridgehead atoms. The van der Waals surface area contributed by atoms with E-state index in [0.29, 0.717) is 5.75 Å². The minimum Gasteiger partial charge on any atom is -0.507 e. The van der Waals surface area contributed by atoms with Crippen molar-refractivity contribution in [2.75, 3.05) is 11.1 Å². The smallest absolute Gasteiger partial charge is 0.123 e. The number of phenolic OH excluding ortho intramolecular Hbond substituents is 1. The first-order valence-corrected chi connectivity index (χ1v) is 9.75. The Hall–Kier alpha value is -0.150. The maximum atomic E-state index is 10.7. The van der Waals surface area contributed by atoms with E-state index >= 15 is 0 Å². The van der Waals surface area contributed by atoms with E-state index in [2.05, 4.69) is 69.6 Å². The highest BCUT2D eigenvalue weighted by atomic mass is 79.9. The third kappa shape index (κ3) is 5.52. The molecule has 0 aliphatic heterocycles. The monoisotopic (exact) mass is 372 g/mol. The van der Waals surface area contributed by atoms with Crippen LogP contribution in [0.4, 0.5) is 0 Å². The van der Waals surface area contributed by atoms with E-state index in [1.807, 2.05) is 11.8 Å². The normalized spacial score (nSPS) is 12.7. The average Bonchev–Trinajstić information content (AvgIpc) is 2.33. The summed E-state index contributed by atoms with van der Waals surface area (Å²) in [6, 6.07) is 4.34. The molecule has 0 fully saturated rings. The molecule has 1 nitrogen and oxygen atoms in total. The lowest BCUT2D eigenvalue weighted by Gasteiger charge is -2.28. The van der Waals surface area contributed by atoms with Gasteiger partial charge in [-0.3, -0.25) is 0 Å². The number of aromatic hydroxyl groups is 1. The predicted molar refractivity (Wildman–Crippen MR) is 99.3 cm³/mol. The summed E-state index contributed by atoms with van der Waals surface area (Å²) in [6.45, 7) is 13.0. The third-order valence-electron chi connectivity index (χ3n) is 3.50. The lowest BCUT2D eigenvalue weighted by molar-refractivity contribution is 0.422. The van der Waals surface area contributed by atoms with Crippen LogP contribution in [0.1, 0.15) is 65.5 Å². The molecular formula is C18H29BrOS. The molecule has 0 radical (unpaired) electrons. The Morgan fingerprint density at radius 1 is 0.952 bits per heavy atom. The van der Waals surface area contributed by atoms with E-state index in [-0.39, 0.29) is 10.8 Å². The molecule has 0 amide bonds. The van der Waals surface area contributed by atoms with Gasteiger partial charge >= 0.3 is 0 Å². The summed E-state index contributed by atoms with van der Waals surface area (Å²) in [5, 5.41) is 11.8. The number of alkyl halides is 1. The van der Waals surface area contributed by atoms with Gasteiger partial charge in [-0.2, -0.15) is 0 Å². The lowest BCUT2D eigenvalue weighted by Crippen LogP contribution is -2.17. The SMILES string of the molecule is CC(C)(C)c1cc(SCCCCBr)cc(C(C)(C)C)c1O. The van der Waals surface area contributed by atoms with Gasteiger partial charge in [-0.15, -0.1) is 11.8 Å². The zero-order chi connectivity index (χ0) is 16.3. The fraction of sp³-hybridized carbons (Fsp3) is 0.667. The quantitative estimate of drug-likeness (QED) is 0.374. The molecule has 21 heavy (non-hydrogen) atoms. The van der Waals surface area contributed by atoms with Crippen LogP contribution in [0.15, 0.2) is 17.0 Å². The van der Waals surface area contributed by atoms with Crippen molar-refractivity contribution in [3.8, 4) is 5.75 Å². The summed E-state index contributed by atoms with van der Waals surface area (Å²) in [7, 11) is 0. The van der Waals surface area contributed by atoms with Crippen molar-refractivity contribution in [1.82, 2.24) is 0 Å². The van der Waals surface area contributed by atoms with Gasteiger partial charge in [-0.05, 0) is 41.6 Å². The predicted octanol–water partition coefficient (Wildman–Crippen LogP) is 6.25. The molecule has 1 N–H and O–H groups in total. The molecule has 0 spiro atoms. The lowest BCUT2D eigenvalue weighted by atomic mass is 9.79. The minimum atomic E-state index is -0.0451. The number of hydrogen-bond acceptors (Lipinski definition) is 2. The molecule has 3 heteroatoms. The topological polar surface area (TPSA) is 20.2 Å². The molecule has 0 aliphatic carbocycles. The molecule has 1 aromatic carbocycles. The average molecular weight is 373 g/mol. The summed E-state index contributed by atoms with van der Waals surface area (Å²) in [6.07, 6.45) is 2.43. The summed E-state index contributed by atoms with van der Waals surface area (Å²) < 4.78 is 0. The number of thioether (sulfide) groups is 1. The van der Waals surface area contributed by atoms with Crippen LogP contribution < -0.4 is 0 Å². The molecule has 1 rings (SSSR count). The van der Waals surface area contributed by atoms with Crippen molar-refractivity contribution in [2.24, 2.45) is 0 Å². The Bertz CT molecular complexity index is 434. The molecule has 120 valence electrons. The zero-order valence-corrected chi connectivity index (χ0v) is 16.6. The molecule has 1 aromatic rings. The van der Waals surface area contributed by atoms with Gasteiger partial charge in [0.1, 0.15) is 5.75 Å². The van der Waals surface area contributed by atoms with Crippen LogP contribution >= 0.6 is 27.7 Å². The highest BCUT2D eigenvalue weighted by molar-refractivity contribution is 9.09. The molecule has 0 aromatic heterocycles. The van der Waals surface area contributed by atoms with Gasteiger partial charge in [0.2, 0.25) is 0 Å². The first-order chi connectivity index (χ1) is 9.57. The molecule has 0 aliphatic rings. The molecule has 0 atom stereocenters. The molecule has 0 saturated carbocycles. The van der Waals surface area contributed by atoms with Crippen molar-refractivity contribution < 1.29 is 5.11 Å². The van der Waals surface area contributed by atoms with E-state index < -0.39 is 0 Å². The third-order valence-corrected chi connectivity index (χ3v) is 5.12. The van der Waals surface area contributed by atoms with Crippen molar-refractivity contribution in [3.05, 3.63) is 23.3 Å². The van der Waals surface area contributed by atoms with Crippen LogP contribution in [-0.2, 0) is 10.8 Å². The van der Waals surface area contributed by atoms with E-state index in [1.54, 1.807) is 0 Å². The zero-order valence-electron chi connectivity index (χ0n) is 14.2. The Labute approximate surface area is 143 Å². The highest BCUT2D eigenvalue weighted by Crippen LogP contribution is 2.41. The van der Waals surface area contributed by atoms with Gasteiger partial charge in [-0.25, -0.2) is 0 Å². The molecule has 0 heterocycles. The second-order valence-corrected chi connectivity index (χ2v) is 9.57. The minimum absolute atomic E-state index is 0.0451. The largest absolute Gasteiger partial charge is 0.507 e. The van der Waals surface area contributed by atoms with Gasteiger partial charge in [-0.1, -0.05) is 57.5 Å². The number of unbranched alkanes of at least 4 members (excludes halogenated alkanes) is 1. The number of hydrogen-bond donors (Lipinski definition) is 1. The van der Waals surface area contributed by atoms with Crippen LogP contribution in [0.25, 0.3) is 0 Å². The second-order valence-electron chi connectivity index (χ2n) is 7.61. The Kier molecular flexibility index (Phi) is 6.67. The fourth-order valence-electron chi connectivity index (χ4n) is 2.22. The summed E-state index contributed by atoms with van der Waals surface area (Å²) >= 11 is 5.38. The van der Waals surface area contributed by atoms with Crippen molar-refractivity contribution in [3.63, 3.8) is 0 Å². The number of halogens is 1. The maximum absolute atomic E-state index is 10.7. The van der Waals surface area contributed by atoms with E-state index in [9.17, 15) is 5.11 Å². The molecular weight excluding hydrogens is 344 g/mol. The first-order valence-electron chi connectivity index (χ1n) is 7.64. The van der Waals surface area contributed by atoms with Crippen molar-refractivity contribution >= 4 is 27.7 Å². The summed E-state index contributed by atoms with van der Waals surface area (Å²) in [4.78, 5) is 1.28. The molecule has 0 unspecified atom stereocenters. The second kappa shape index (κ2) is 7.41. The van der Waals surface area contributed by atoms with Crippen LogP contribution in [0, 0.1) is 0 Å². The Morgan fingerprint density at radius 3 is 1.81 bits per heavy atom. The molecule has 0 saturated heterocycles. The Balaban J connectivity index is 3.15. The highest BCUT2D eigenvalue weighted by Gasteiger charge is 2.26. The fourth-order valence-corrected chi connectivity index (χ4v) is 3.60. The number of rotatable bonds is 5. The van der Waals surface area contributed by atoms with E-state index in [1.165, 1.54) is 17.7 Å². The van der Waals surface area contributed by atoms with Gasteiger partial charge in [0.15, 0.2) is 0 Å². The Morgan fingerprint density at radius 2 is 1.43 bits per heavy atom. The maximum Gasteiger partial charge on any atom is 0.123 e. The van der Waals surface area contributed by atoms with Gasteiger partial charge < -0.3 is 5.11 Å². The van der Waals surface area contributed by atoms with Crippen LogP contribution in [0.2, 0.25) is 0 Å². The van der Waals surface area contributed by atoms with Crippen molar-refractivity contribution in [2.45, 2.75) is 70.1 Å². The van der Waals surface area contributed by atoms with Crippen molar-refractivity contribution in [1.29, 1.82) is 0 Å². The number of benzene rings is 1. The standard InChI is InChI=1S/C18H29BrOS/c1-17(2,3)14-11-13(21-10-8-7-9-19)12-15(16(14)20)18(4,5)6/h11-12,20H,7-10H2,1-6H3. The van der Waals surface area contributed by atoms with Gasteiger partial charge in [0, 0.05) is 21.4 Å². The van der Waals surface area contributed by atoms with E-state index in [4.69, 9.17) is 0 Å². The van der Waals surface area contributed by atoms with Crippen LogP contribution in [0.3, 0.4) is 0 Å². The van der Waals surface area contributed by atoms with Gasteiger partial charge in [0.25, 0.3) is 0 Å². The summed E-state index contributed by atoms with van der Waals surface area (Å²) in [5.74, 6) is 1.60. The summed E-state index contributed by atoms with van der Waals surface area (Å²) in [5.41, 5.74) is 2.02. The number of phenols is 1. The van der Waals surface area contributed by atoms with Crippen LogP contribution in [0.5, 0.6) is 5.75 Å².